The topological polar surface area (TPSA) is 19.6 Å². The van der Waals surface area contributed by atoms with E-state index in [0.717, 1.165) is 83.3 Å². The number of benzene rings is 12. The lowest BCUT2D eigenvalue weighted by Gasteiger charge is -2.30. The number of fused-ring (bicyclic) bond motifs is 9. The van der Waals surface area contributed by atoms with Crippen LogP contribution in [0.4, 0.5) is 34.1 Å². The Morgan fingerprint density at radius 1 is 0.284 bits per heavy atom. The Morgan fingerprint density at radius 2 is 0.716 bits per heavy atom. The molecule has 12 aromatic carbocycles. The third-order valence-electron chi connectivity index (χ3n) is 13.4. The van der Waals surface area contributed by atoms with Crippen molar-refractivity contribution in [2.45, 2.75) is 0 Å². The first-order valence-corrected chi connectivity index (χ1v) is 22.9. The third kappa shape index (κ3) is 6.43. The fourth-order valence-electron chi connectivity index (χ4n) is 10.4. The van der Waals surface area contributed by atoms with Crippen LogP contribution in [-0.4, -0.2) is 0 Å². The molecule has 3 heteroatoms. The van der Waals surface area contributed by atoms with Crippen molar-refractivity contribution in [2.24, 2.45) is 0 Å². The van der Waals surface area contributed by atoms with E-state index in [9.17, 15) is 0 Å². The lowest BCUT2D eigenvalue weighted by atomic mass is 9.89. The van der Waals surface area contributed by atoms with Crippen LogP contribution >= 0.6 is 0 Å². The molecule has 1 aromatic heterocycles. The number of hydrogen-bond acceptors (Lipinski definition) is 3. The van der Waals surface area contributed by atoms with Crippen molar-refractivity contribution in [3.8, 4) is 22.3 Å². The van der Waals surface area contributed by atoms with Crippen molar-refractivity contribution in [3.05, 3.63) is 255 Å². The molecule has 3 nitrogen and oxygen atoms in total. The van der Waals surface area contributed by atoms with Gasteiger partial charge in [0.1, 0.15) is 5.58 Å². The van der Waals surface area contributed by atoms with Gasteiger partial charge in [0.25, 0.3) is 0 Å². The minimum absolute atomic E-state index is 0.853. The Labute approximate surface area is 388 Å². The summed E-state index contributed by atoms with van der Waals surface area (Å²) in [5, 5.41) is 11.6. The summed E-state index contributed by atoms with van der Waals surface area (Å²) in [4.78, 5) is 4.78. The van der Waals surface area contributed by atoms with Crippen LogP contribution in [0.3, 0.4) is 0 Å². The Balaban J connectivity index is 1.08. The fraction of sp³-hybridized carbons (Fsp3) is 0. The van der Waals surface area contributed by atoms with E-state index in [1.165, 1.54) is 38.1 Å². The largest absolute Gasteiger partial charge is 0.454 e. The maximum Gasteiger partial charge on any atom is 0.160 e. The molecule has 314 valence electrons. The minimum atomic E-state index is 0.853. The zero-order valence-electron chi connectivity index (χ0n) is 36.6. The maximum absolute atomic E-state index is 7.18. The first-order chi connectivity index (χ1) is 33.3. The van der Waals surface area contributed by atoms with Crippen LogP contribution in [0, 0.1) is 0 Å². The second-order valence-corrected chi connectivity index (χ2v) is 17.2. The molecule has 0 saturated carbocycles. The molecule has 0 aliphatic carbocycles. The second-order valence-electron chi connectivity index (χ2n) is 17.2. The predicted molar refractivity (Wildman–Crippen MR) is 284 cm³/mol. The monoisotopic (exact) mass is 854 g/mol. The summed E-state index contributed by atoms with van der Waals surface area (Å²) in [6.45, 7) is 0. The van der Waals surface area contributed by atoms with E-state index in [1.54, 1.807) is 0 Å². The Morgan fingerprint density at radius 3 is 1.31 bits per heavy atom. The van der Waals surface area contributed by atoms with Crippen LogP contribution < -0.4 is 9.80 Å². The summed E-state index contributed by atoms with van der Waals surface area (Å²) in [7, 11) is 0. The van der Waals surface area contributed by atoms with E-state index in [4.69, 9.17) is 4.42 Å². The van der Waals surface area contributed by atoms with Crippen LogP contribution in [0.1, 0.15) is 0 Å². The van der Waals surface area contributed by atoms with Gasteiger partial charge < -0.3 is 14.2 Å². The molecule has 0 aliphatic rings. The highest BCUT2D eigenvalue weighted by molar-refractivity contribution is 6.30. The summed E-state index contributed by atoms with van der Waals surface area (Å²) in [6.07, 6.45) is 0. The summed E-state index contributed by atoms with van der Waals surface area (Å²) in [5.74, 6) is 0. The van der Waals surface area contributed by atoms with E-state index >= 15 is 0 Å². The average Bonchev–Trinajstić information content (AvgIpc) is 3.81. The quantitative estimate of drug-likeness (QED) is 0.142. The molecule has 0 fully saturated rings. The zero-order chi connectivity index (χ0) is 44.3. The van der Waals surface area contributed by atoms with E-state index < -0.39 is 0 Å². The minimum Gasteiger partial charge on any atom is -0.454 e. The van der Waals surface area contributed by atoms with Crippen molar-refractivity contribution in [3.63, 3.8) is 0 Å². The van der Waals surface area contributed by atoms with Crippen molar-refractivity contribution in [1.82, 2.24) is 0 Å². The molecule has 0 aliphatic heterocycles. The van der Waals surface area contributed by atoms with E-state index in [1.807, 2.05) is 0 Å². The lowest BCUT2D eigenvalue weighted by molar-refractivity contribution is 0.669. The van der Waals surface area contributed by atoms with Gasteiger partial charge in [0.2, 0.25) is 0 Å². The molecule has 0 N–H and O–H groups in total. The van der Waals surface area contributed by atoms with Gasteiger partial charge >= 0.3 is 0 Å². The van der Waals surface area contributed by atoms with Crippen molar-refractivity contribution in [1.29, 1.82) is 0 Å². The highest BCUT2D eigenvalue weighted by Gasteiger charge is 2.27. The van der Waals surface area contributed by atoms with Crippen molar-refractivity contribution in [2.75, 3.05) is 9.80 Å². The first kappa shape index (κ1) is 38.5. The summed E-state index contributed by atoms with van der Waals surface area (Å²) >= 11 is 0. The first-order valence-electron chi connectivity index (χ1n) is 22.9. The van der Waals surface area contributed by atoms with Crippen LogP contribution in [0.5, 0.6) is 0 Å². The van der Waals surface area contributed by atoms with Gasteiger partial charge in [-0.25, -0.2) is 0 Å². The third-order valence-corrected chi connectivity index (χ3v) is 13.4. The van der Waals surface area contributed by atoms with Gasteiger partial charge in [0.05, 0.1) is 11.4 Å². The van der Waals surface area contributed by atoms with Crippen molar-refractivity contribution < 1.29 is 4.42 Å². The van der Waals surface area contributed by atoms with Gasteiger partial charge in [-0.05, 0) is 115 Å². The summed E-state index contributed by atoms with van der Waals surface area (Å²) < 4.78 is 7.18. The van der Waals surface area contributed by atoms with Crippen molar-refractivity contribution >= 4 is 99.2 Å². The number of hydrogen-bond donors (Lipinski definition) is 0. The summed E-state index contributed by atoms with van der Waals surface area (Å²) in [5.41, 5.74) is 12.9. The van der Waals surface area contributed by atoms with Gasteiger partial charge in [-0.2, -0.15) is 0 Å². The zero-order valence-corrected chi connectivity index (χ0v) is 36.6. The van der Waals surface area contributed by atoms with Gasteiger partial charge in [0, 0.05) is 44.3 Å². The predicted octanol–water partition coefficient (Wildman–Crippen LogP) is 18.5. The molecule has 1 heterocycles. The Bertz CT molecular complexity index is 3860. The molecule has 0 unspecified atom stereocenters. The van der Waals surface area contributed by atoms with Crippen LogP contribution in [0.15, 0.2) is 259 Å². The number of rotatable bonds is 8. The van der Waals surface area contributed by atoms with Gasteiger partial charge in [-0.3, -0.25) is 0 Å². The lowest BCUT2D eigenvalue weighted by Crippen LogP contribution is -2.12. The molecule has 0 atom stereocenters. The average molecular weight is 855 g/mol. The van der Waals surface area contributed by atoms with Gasteiger partial charge in [0.15, 0.2) is 5.58 Å². The highest BCUT2D eigenvalue weighted by atomic mass is 16.3. The smallest absolute Gasteiger partial charge is 0.160 e. The standard InChI is InChI=1S/C64H42N2O/c1-4-18-43(19-5-1)44-32-37-51(38-33-44)66(58-42-47-21-11-13-27-53(47)62-61-52-26-12-10-20-45(52)36-41-59(61)67-64(58)62)63-56-30-16-14-28-54(56)60(55-29-15-17-31-57(55)63)46-34-39-50(40-35-46)65(48-22-6-2-7-23-48)49-24-8-3-9-25-49/h1-42H. The number of anilines is 6. The summed E-state index contributed by atoms with van der Waals surface area (Å²) in [6, 6.07) is 91.8. The fourth-order valence-corrected chi connectivity index (χ4v) is 10.4. The number of para-hydroxylation sites is 2. The highest BCUT2D eigenvalue weighted by Crippen LogP contribution is 2.52. The van der Waals surface area contributed by atoms with E-state index in [2.05, 4.69) is 265 Å². The second kappa shape index (κ2) is 16.0. The Hall–Kier alpha value is -8.92. The molecular weight excluding hydrogens is 813 g/mol. The van der Waals surface area contributed by atoms with Gasteiger partial charge in [-0.15, -0.1) is 0 Å². The van der Waals surface area contributed by atoms with Gasteiger partial charge in [-0.1, -0.05) is 194 Å². The molecule has 0 amide bonds. The van der Waals surface area contributed by atoms with Crippen LogP contribution in [0.2, 0.25) is 0 Å². The number of nitrogens with zero attached hydrogens (tertiary/aromatic N) is 2. The molecule has 13 aromatic rings. The SMILES string of the molecule is c1ccc(-c2ccc(N(c3c4ccccc4c(-c4ccc(N(c5ccccc5)c5ccccc5)cc4)c4ccccc34)c3cc4ccccc4c4c3oc3ccc5ccccc5c34)cc2)cc1. The molecule has 0 spiro atoms. The number of furan rings is 1. The molecule has 0 saturated heterocycles. The van der Waals surface area contributed by atoms with E-state index in [0.29, 0.717) is 0 Å². The molecule has 0 bridgehead atoms. The molecule has 13 rings (SSSR count). The molecule has 0 radical (unpaired) electrons. The molecular formula is C64H42N2O. The Kier molecular flexibility index (Phi) is 9.17. The molecule has 67 heavy (non-hydrogen) atoms. The maximum atomic E-state index is 7.18. The van der Waals surface area contributed by atoms with Crippen LogP contribution in [0.25, 0.3) is 87.3 Å². The van der Waals surface area contributed by atoms with E-state index in [-0.39, 0.29) is 0 Å². The van der Waals surface area contributed by atoms with Crippen LogP contribution in [-0.2, 0) is 0 Å². The normalized spacial score (nSPS) is 11.6.